The fourth-order valence-electron chi connectivity index (χ4n) is 1.92. The van der Waals surface area contributed by atoms with Gasteiger partial charge in [-0.05, 0) is 19.8 Å². The van der Waals surface area contributed by atoms with Gasteiger partial charge >= 0.3 is 0 Å². The minimum absolute atomic E-state index is 0.450. The van der Waals surface area contributed by atoms with Crippen LogP contribution in [0.2, 0.25) is 0 Å². The standard InChI is InChI=1S/C12H23NO2/c1-11(2)9-15-8-7-13-10-12(14)5-3-4-6-12/h13-14H,1,3-10H2,2H3. The molecule has 0 atom stereocenters. The Bertz CT molecular complexity index is 198. The molecule has 0 radical (unpaired) electrons. The summed E-state index contributed by atoms with van der Waals surface area (Å²) >= 11 is 0. The Labute approximate surface area is 92.5 Å². The van der Waals surface area contributed by atoms with Gasteiger partial charge in [0.1, 0.15) is 0 Å². The van der Waals surface area contributed by atoms with Gasteiger partial charge in [-0.1, -0.05) is 25.0 Å². The van der Waals surface area contributed by atoms with Crippen LogP contribution in [0.15, 0.2) is 12.2 Å². The van der Waals surface area contributed by atoms with Gasteiger partial charge in [-0.15, -0.1) is 0 Å². The number of hydrogen-bond acceptors (Lipinski definition) is 3. The molecule has 1 aliphatic carbocycles. The quantitative estimate of drug-likeness (QED) is 0.497. The van der Waals surface area contributed by atoms with E-state index in [2.05, 4.69) is 11.9 Å². The van der Waals surface area contributed by atoms with Crippen molar-refractivity contribution in [1.29, 1.82) is 0 Å². The smallest absolute Gasteiger partial charge is 0.0771 e. The first-order chi connectivity index (χ1) is 7.12. The minimum Gasteiger partial charge on any atom is -0.389 e. The molecule has 0 aliphatic heterocycles. The van der Waals surface area contributed by atoms with Crippen LogP contribution in [0.3, 0.4) is 0 Å². The average molecular weight is 213 g/mol. The molecular weight excluding hydrogens is 190 g/mol. The van der Waals surface area contributed by atoms with Crippen molar-refractivity contribution >= 4 is 0 Å². The highest BCUT2D eigenvalue weighted by Crippen LogP contribution is 2.28. The normalized spacial score (nSPS) is 19.3. The molecule has 1 rings (SSSR count). The summed E-state index contributed by atoms with van der Waals surface area (Å²) in [5.41, 5.74) is 0.596. The molecule has 1 fully saturated rings. The molecule has 0 saturated heterocycles. The van der Waals surface area contributed by atoms with Crippen LogP contribution in [-0.2, 0) is 4.74 Å². The third kappa shape index (κ3) is 5.30. The lowest BCUT2D eigenvalue weighted by molar-refractivity contribution is 0.0453. The average Bonchev–Trinajstić information content (AvgIpc) is 2.58. The summed E-state index contributed by atoms with van der Waals surface area (Å²) in [6, 6.07) is 0. The maximum atomic E-state index is 10.0. The van der Waals surface area contributed by atoms with E-state index >= 15 is 0 Å². The lowest BCUT2D eigenvalue weighted by Gasteiger charge is -2.22. The first kappa shape index (κ1) is 12.7. The van der Waals surface area contributed by atoms with Crippen molar-refractivity contribution in [2.24, 2.45) is 0 Å². The Hall–Kier alpha value is -0.380. The first-order valence-corrected chi connectivity index (χ1v) is 5.78. The Morgan fingerprint density at radius 2 is 2.13 bits per heavy atom. The molecule has 0 aromatic carbocycles. The van der Waals surface area contributed by atoms with Crippen LogP contribution in [0, 0.1) is 0 Å². The summed E-state index contributed by atoms with van der Waals surface area (Å²) in [6.45, 7) is 8.53. The van der Waals surface area contributed by atoms with E-state index in [0.717, 1.165) is 37.8 Å². The zero-order valence-corrected chi connectivity index (χ0v) is 9.72. The number of aliphatic hydroxyl groups is 1. The zero-order valence-electron chi connectivity index (χ0n) is 9.72. The van der Waals surface area contributed by atoms with Gasteiger partial charge < -0.3 is 15.2 Å². The van der Waals surface area contributed by atoms with Crippen LogP contribution in [0.5, 0.6) is 0 Å². The molecule has 15 heavy (non-hydrogen) atoms. The SMILES string of the molecule is C=C(C)COCCNCC1(O)CCCC1. The van der Waals surface area contributed by atoms with Crippen molar-refractivity contribution < 1.29 is 9.84 Å². The topological polar surface area (TPSA) is 41.5 Å². The van der Waals surface area contributed by atoms with Crippen LogP contribution in [-0.4, -0.2) is 37.0 Å². The number of ether oxygens (including phenoxy) is 1. The highest BCUT2D eigenvalue weighted by Gasteiger charge is 2.30. The van der Waals surface area contributed by atoms with Crippen molar-refractivity contribution in [2.75, 3.05) is 26.3 Å². The highest BCUT2D eigenvalue weighted by molar-refractivity contribution is 4.87. The molecule has 3 nitrogen and oxygen atoms in total. The number of hydrogen-bond donors (Lipinski definition) is 2. The second kappa shape index (κ2) is 6.26. The molecule has 2 N–H and O–H groups in total. The van der Waals surface area contributed by atoms with E-state index in [9.17, 15) is 5.11 Å². The van der Waals surface area contributed by atoms with E-state index in [1.807, 2.05) is 6.92 Å². The molecule has 0 aromatic heterocycles. The highest BCUT2D eigenvalue weighted by atomic mass is 16.5. The maximum Gasteiger partial charge on any atom is 0.0771 e. The molecule has 0 amide bonds. The summed E-state index contributed by atoms with van der Waals surface area (Å²) in [4.78, 5) is 0. The van der Waals surface area contributed by atoms with E-state index in [-0.39, 0.29) is 0 Å². The molecule has 0 bridgehead atoms. The Balaban J connectivity index is 1.94. The molecule has 0 unspecified atom stereocenters. The van der Waals surface area contributed by atoms with Crippen LogP contribution in [0.4, 0.5) is 0 Å². The van der Waals surface area contributed by atoms with Crippen molar-refractivity contribution in [3.05, 3.63) is 12.2 Å². The van der Waals surface area contributed by atoms with E-state index in [0.29, 0.717) is 19.8 Å². The minimum atomic E-state index is -0.450. The van der Waals surface area contributed by atoms with E-state index in [1.165, 1.54) is 0 Å². The number of nitrogens with one attached hydrogen (secondary N) is 1. The van der Waals surface area contributed by atoms with Gasteiger partial charge in [-0.2, -0.15) is 0 Å². The van der Waals surface area contributed by atoms with E-state index in [4.69, 9.17) is 4.74 Å². The predicted molar refractivity (Wildman–Crippen MR) is 61.9 cm³/mol. The molecule has 0 heterocycles. The fraction of sp³-hybridized carbons (Fsp3) is 0.833. The van der Waals surface area contributed by atoms with Crippen molar-refractivity contribution in [3.8, 4) is 0 Å². The van der Waals surface area contributed by atoms with Gasteiger partial charge in [-0.25, -0.2) is 0 Å². The van der Waals surface area contributed by atoms with Gasteiger partial charge in [0.25, 0.3) is 0 Å². The Morgan fingerprint density at radius 1 is 1.47 bits per heavy atom. The van der Waals surface area contributed by atoms with Gasteiger partial charge in [0.05, 0.1) is 18.8 Å². The summed E-state index contributed by atoms with van der Waals surface area (Å²) in [6.07, 6.45) is 4.19. The lowest BCUT2D eigenvalue weighted by Crippen LogP contribution is -2.39. The molecule has 1 saturated carbocycles. The summed E-state index contributed by atoms with van der Waals surface area (Å²) in [7, 11) is 0. The van der Waals surface area contributed by atoms with Crippen LogP contribution in [0.25, 0.3) is 0 Å². The fourth-order valence-corrected chi connectivity index (χ4v) is 1.92. The molecule has 88 valence electrons. The largest absolute Gasteiger partial charge is 0.389 e. The molecule has 0 aromatic rings. The third-order valence-electron chi connectivity index (χ3n) is 2.76. The second-order valence-corrected chi connectivity index (χ2v) is 4.62. The number of rotatable bonds is 7. The van der Waals surface area contributed by atoms with E-state index in [1.54, 1.807) is 0 Å². The van der Waals surface area contributed by atoms with Crippen molar-refractivity contribution in [3.63, 3.8) is 0 Å². The molecule has 3 heteroatoms. The molecular formula is C12H23NO2. The van der Waals surface area contributed by atoms with Crippen molar-refractivity contribution in [2.45, 2.75) is 38.2 Å². The second-order valence-electron chi connectivity index (χ2n) is 4.62. The van der Waals surface area contributed by atoms with Crippen molar-refractivity contribution in [1.82, 2.24) is 5.32 Å². The summed E-state index contributed by atoms with van der Waals surface area (Å²) < 4.78 is 5.35. The predicted octanol–water partition coefficient (Wildman–Crippen LogP) is 1.47. The zero-order chi connectivity index (χ0) is 11.1. The van der Waals surface area contributed by atoms with E-state index < -0.39 is 5.60 Å². The van der Waals surface area contributed by atoms with Gasteiger partial charge in [0.2, 0.25) is 0 Å². The maximum absolute atomic E-state index is 10.0. The Kier molecular flexibility index (Phi) is 5.29. The van der Waals surface area contributed by atoms with Crippen LogP contribution in [0.1, 0.15) is 32.6 Å². The third-order valence-corrected chi connectivity index (χ3v) is 2.76. The van der Waals surface area contributed by atoms with Gasteiger partial charge in [-0.3, -0.25) is 0 Å². The summed E-state index contributed by atoms with van der Waals surface area (Å²) in [5.74, 6) is 0. The first-order valence-electron chi connectivity index (χ1n) is 5.78. The Morgan fingerprint density at radius 3 is 2.73 bits per heavy atom. The van der Waals surface area contributed by atoms with Crippen LogP contribution < -0.4 is 5.32 Å². The van der Waals surface area contributed by atoms with Gasteiger partial charge in [0.15, 0.2) is 0 Å². The van der Waals surface area contributed by atoms with Gasteiger partial charge in [0, 0.05) is 13.1 Å². The lowest BCUT2D eigenvalue weighted by atomic mass is 10.0. The molecule has 1 aliphatic rings. The monoisotopic (exact) mass is 213 g/mol. The molecule has 0 spiro atoms. The van der Waals surface area contributed by atoms with Crippen LogP contribution >= 0.6 is 0 Å². The summed E-state index contributed by atoms with van der Waals surface area (Å²) in [5, 5.41) is 13.3.